The molecule has 2 heterocycles. The van der Waals surface area contributed by atoms with Gasteiger partial charge in [0.15, 0.2) is 0 Å². The molecule has 1 aromatic heterocycles. The van der Waals surface area contributed by atoms with Crippen LogP contribution in [0.4, 0.5) is 0 Å². The zero-order valence-corrected chi connectivity index (χ0v) is 12.2. The van der Waals surface area contributed by atoms with Gasteiger partial charge >= 0.3 is 0 Å². The maximum Gasteiger partial charge on any atom is 0.248 e. The van der Waals surface area contributed by atoms with Gasteiger partial charge in [-0.1, -0.05) is 12.8 Å². The highest BCUT2D eigenvalue weighted by molar-refractivity contribution is 7.89. The first kappa shape index (κ1) is 13.8. The van der Waals surface area contributed by atoms with E-state index in [9.17, 15) is 13.2 Å². The Labute approximate surface area is 119 Å². The molecule has 1 unspecified atom stereocenters. The number of aromatic nitrogens is 1. The van der Waals surface area contributed by atoms with E-state index >= 15 is 0 Å². The smallest absolute Gasteiger partial charge is 0.248 e. The number of hydrogen-bond donors (Lipinski definition) is 1. The molecule has 1 atom stereocenters. The van der Waals surface area contributed by atoms with Crippen LogP contribution in [0.15, 0.2) is 28.2 Å². The molecule has 0 amide bonds. The lowest BCUT2D eigenvalue weighted by Gasteiger charge is -2.28. The van der Waals surface area contributed by atoms with Crippen molar-refractivity contribution < 1.29 is 8.42 Å². The van der Waals surface area contributed by atoms with Crippen molar-refractivity contribution in [2.24, 2.45) is 5.92 Å². The Balaban J connectivity index is 1.94. The van der Waals surface area contributed by atoms with Crippen LogP contribution in [0.25, 0.3) is 0 Å². The molecule has 3 rings (SSSR count). The van der Waals surface area contributed by atoms with Crippen molar-refractivity contribution in [3.63, 3.8) is 0 Å². The molecule has 1 aromatic rings. The lowest BCUT2D eigenvalue weighted by atomic mass is 9.97. The Morgan fingerprint density at radius 1 is 1.15 bits per heavy atom. The summed E-state index contributed by atoms with van der Waals surface area (Å²) in [5.41, 5.74) is -0.430. The fraction of sp³-hybridized carbons (Fsp3) is 0.643. The molecule has 2 aliphatic rings. The first-order valence-corrected chi connectivity index (χ1v) is 8.73. The van der Waals surface area contributed by atoms with E-state index in [1.165, 1.54) is 31.3 Å². The second-order valence-corrected chi connectivity index (χ2v) is 7.60. The Kier molecular flexibility index (Phi) is 3.69. The van der Waals surface area contributed by atoms with Crippen molar-refractivity contribution in [3.05, 3.63) is 28.7 Å². The van der Waals surface area contributed by atoms with Gasteiger partial charge in [-0.05, 0) is 31.6 Å². The van der Waals surface area contributed by atoms with E-state index in [0.29, 0.717) is 12.5 Å². The number of nitrogens with one attached hydrogen (secondary N) is 1. The zero-order valence-electron chi connectivity index (χ0n) is 11.4. The largest absolute Gasteiger partial charge is 0.366 e. The Bertz CT molecular complexity index is 632. The van der Waals surface area contributed by atoms with E-state index in [1.54, 1.807) is 4.31 Å². The normalized spacial score (nSPS) is 25.3. The number of nitrogens with zero attached hydrogens (tertiary/aromatic N) is 1. The third kappa shape index (κ3) is 2.31. The summed E-state index contributed by atoms with van der Waals surface area (Å²) in [6.07, 6.45) is 9.20. The summed E-state index contributed by atoms with van der Waals surface area (Å²) in [4.78, 5) is 14.4. The van der Waals surface area contributed by atoms with Crippen molar-refractivity contribution >= 4 is 10.0 Å². The molecule has 6 heteroatoms. The Hall–Kier alpha value is -1.14. The minimum atomic E-state index is -3.67. The summed E-state index contributed by atoms with van der Waals surface area (Å²) in [6, 6.07) is 1.36. The summed E-state index contributed by atoms with van der Waals surface area (Å²) in [5, 5.41) is 0. The average Bonchev–Trinajstić information content (AvgIpc) is 3.10. The highest BCUT2D eigenvalue weighted by atomic mass is 32.2. The van der Waals surface area contributed by atoms with E-state index < -0.39 is 15.5 Å². The van der Waals surface area contributed by atoms with E-state index in [1.807, 2.05) is 0 Å². The second-order valence-electron chi connectivity index (χ2n) is 5.74. The van der Waals surface area contributed by atoms with Crippen molar-refractivity contribution in [1.29, 1.82) is 0 Å². The Morgan fingerprint density at radius 3 is 2.60 bits per heavy atom. The van der Waals surface area contributed by atoms with Gasteiger partial charge < -0.3 is 4.98 Å². The van der Waals surface area contributed by atoms with Crippen LogP contribution in [0.3, 0.4) is 0 Å². The molecular formula is C14H20N2O3S. The van der Waals surface area contributed by atoms with Gasteiger partial charge in [-0.15, -0.1) is 0 Å². The van der Waals surface area contributed by atoms with Crippen molar-refractivity contribution in [2.75, 3.05) is 6.54 Å². The van der Waals surface area contributed by atoms with Crippen LogP contribution in [-0.2, 0) is 10.0 Å². The van der Waals surface area contributed by atoms with Crippen molar-refractivity contribution in [1.82, 2.24) is 9.29 Å². The third-order valence-electron chi connectivity index (χ3n) is 4.57. The number of sulfonamides is 1. The van der Waals surface area contributed by atoms with Gasteiger partial charge in [0.25, 0.3) is 0 Å². The number of aromatic amines is 1. The zero-order chi connectivity index (χ0) is 14.2. The SMILES string of the molecule is O=c1cc[nH]cc1S(=O)(=O)N1CCCC1C1CCCC1. The van der Waals surface area contributed by atoms with Gasteiger partial charge in [0.05, 0.1) is 0 Å². The standard InChI is InChI=1S/C14H20N2O3S/c17-13-7-8-15-10-14(13)20(18,19)16-9-3-6-12(16)11-4-1-2-5-11/h7-8,10-12H,1-6,9H2,(H,15,17). The molecule has 1 N–H and O–H groups in total. The quantitative estimate of drug-likeness (QED) is 0.923. The van der Waals surface area contributed by atoms with Gasteiger partial charge in [-0.3, -0.25) is 4.79 Å². The van der Waals surface area contributed by atoms with Crippen LogP contribution in [0.2, 0.25) is 0 Å². The molecule has 0 aromatic carbocycles. The maximum atomic E-state index is 12.7. The summed E-state index contributed by atoms with van der Waals surface area (Å²) in [7, 11) is -3.67. The summed E-state index contributed by atoms with van der Waals surface area (Å²) < 4.78 is 27.0. The highest BCUT2D eigenvalue weighted by Crippen LogP contribution is 2.37. The maximum absolute atomic E-state index is 12.7. The van der Waals surface area contributed by atoms with Gasteiger partial charge in [0.1, 0.15) is 4.90 Å². The predicted octanol–water partition coefficient (Wildman–Crippen LogP) is 1.72. The van der Waals surface area contributed by atoms with Gasteiger partial charge in [-0.2, -0.15) is 4.31 Å². The lowest BCUT2D eigenvalue weighted by molar-refractivity contribution is 0.288. The Morgan fingerprint density at radius 2 is 1.90 bits per heavy atom. The molecular weight excluding hydrogens is 276 g/mol. The van der Waals surface area contributed by atoms with Gasteiger partial charge in [0.2, 0.25) is 15.5 Å². The van der Waals surface area contributed by atoms with E-state index in [0.717, 1.165) is 25.7 Å². The van der Waals surface area contributed by atoms with Crippen LogP contribution in [0, 0.1) is 5.92 Å². The fourth-order valence-corrected chi connectivity index (χ4v) is 5.40. The fourth-order valence-electron chi connectivity index (χ4n) is 3.61. The van der Waals surface area contributed by atoms with Gasteiger partial charge in [-0.25, -0.2) is 8.42 Å². The second kappa shape index (κ2) is 5.33. The molecule has 0 radical (unpaired) electrons. The number of H-pyrrole nitrogens is 1. The van der Waals surface area contributed by atoms with Crippen LogP contribution in [0.1, 0.15) is 38.5 Å². The topological polar surface area (TPSA) is 70.2 Å². The molecule has 5 nitrogen and oxygen atoms in total. The number of hydrogen-bond acceptors (Lipinski definition) is 3. The molecule has 110 valence electrons. The van der Waals surface area contributed by atoms with E-state index in [2.05, 4.69) is 4.98 Å². The first-order chi connectivity index (χ1) is 9.60. The van der Waals surface area contributed by atoms with Crippen molar-refractivity contribution in [2.45, 2.75) is 49.5 Å². The summed E-state index contributed by atoms with van der Waals surface area (Å²) in [6.45, 7) is 0.540. The lowest BCUT2D eigenvalue weighted by Crippen LogP contribution is -2.40. The summed E-state index contributed by atoms with van der Waals surface area (Å²) in [5.74, 6) is 0.468. The highest BCUT2D eigenvalue weighted by Gasteiger charge is 2.40. The number of pyridine rings is 1. The predicted molar refractivity (Wildman–Crippen MR) is 75.9 cm³/mol. The molecule has 0 bridgehead atoms. The minimum Gasteiger partial charge on any atom is -0.366 e. The third-order valence-corrected chi connectivity index (χ3v) is 6.51. The molecule has 1 aliphatic heterocycles. The molecule has 20 heavy (non-hydrogen) atoms. The monoisotopic (exact) mass is 296 g/mol. The molecule has 1 saturated heterocycles. The van der Waals surface area contributed by atoms with Crippen LogP contribution < -0.4 is 5.43 Å². The molecule has 1 aliphatic carbocycles. The van der Waals surface area contributed by atoms with Crippen LogP contribution in [-0.4, -0.2) is 30.3 Å². The van der Waals surface area contributed by atoms with E-state index in [-0.39, 0.29) is 10.9 Å². The van der Waals surface area contributed by atoms with Crippen molar-refractivity contribution in [3.8, 4) is 0 Å². The molecule has 1 saturated carbocycles. The van der Waals surface area contributed by atoms with Crippen LogP contribution in [0.5, 0.6) is 0 Å². The average molecular weight is 296 g/mol. The number of rotatable bonds is 3. The summed E-state index contributed by atoms with van der Waals surface area (Å²) >= 11 is 0. The molecule has 2 fully saturated rings. The first-order valence-electron chi connectivity index (χ1n) is 7.29. The van der Waals surface area contributed by atoms with E-state index in [4.69, 9.17) is 0 Å². The minimum absolute atomic E-state index is 0.0853. The van der Waals surface area contributed by atoms with Crippen LogP contribution >= 0.6 is 0 Å². The van der Waals surface area contributed by atoms with Gasteiger partial charge in [0, 0.05) is 31.0 Å². The molecule has 0 spiro atoms.